The van der Waals surface area contributed by atoms with Gasteiger partial charge in [-0.05, 0) is 93.9 Å². The van der Waals surface area contributed by atoms with Crippen LogP contribution in [0.2, 0.25) is 0 Å². The summed E-state index contributed by atoms with van der Waals surface area (Å²) in [6, 6.07) is 4.60. The molecule has 0 aliphatic carbocycles. The topological polar surface area (TPSA) is 469 Å². The maximum Gasteiger partial charge on any atom is 0.246 e. The molecule has 2 heterocycles. The lowest BCUT2D eigenvalue weighted by atomic mass is 9.99. The zero-order valence-electron chi connectivity index (χ0n) is 50.3. The van der Waals surface area contributed by atoms with Crippen molar-refractivity contribution < 1.29 is 57.5 Å². The largest absolute Gasteiger partial charge is 0.494 e. The van der Waals surface area contributed by atoms with Crippen LogP contribution in [0.4, 0.5) is 0 Å². The number of aliphatic imine (C=N–C) groups is 2. The molecule has 29 nitrogen and oxygen atoms in total. The van der Waals surface area contributed by atoms with Crippen LogP contribution >= 0.6 is 0 Å². The van der Waals surface area contributed by atoms with Crippen molar-refractivity contribution in [2.45, 2.75) is 172 Å². The number of benzene rings is 2. The van der Waals surface area contributed by atoms with Gasteiger partial charge in [0.05, 0.1) is 13.0 Å². The molecule has 2 aliphatic rings. The van der Waals surface area contributed by atoms with E-state index in [4.69, 9.17) is 39.1 Å². The number of rotatable bonds is 35. The zero-order chi connectivity index (χ0) is 64.3. The summed E-state index contributed by atoms with van der Waals surface area (Å²) in [7, 11) is 0. The first kappa shape index (κ1) is 70.4. The number of guanidine groups is 2. The molecule has 0 saturated carbocycles. The van der Waals surface area contributed by atoms with Crippen LogP contribution in [0.25, 0.3) is 0 Å². The first-order valence-electron chi connectivity index (χ1n) is 29.5. The van der Waals surface area contributed by atoms with Gasteiger partial charge < -0.3 is 86.2 Å². The summed E-state index contributed by atoms with van der Waals surface area (Å²) >= 11 is 0. The maximum absolute atomic E-state index is 14.5. The molecule has 2 aromatic carbocycles. The van der Waals surface area contributed by atoms with E-state index in [1.165, 1.54) is 9.80 Å². The number of hydrogen-bond acceptors (Lipinski definition) is 14. The van der Waals surface area contributed by atoms with E-state index in [0.29, 0.717) is 36.3 Å². The molecule has 2 saturated heterocycles. The number of amides is 11. The summed E-state index contributed by atoms with van der Waals surface area (Å²) in [5.41, 5.74) is 34.3. The third-order valence-corrected chi connectivity index (χ3v) is 14.7. The van der Waals surface area contributed by atoms with Crippen LogP contribution < -0.4 is 76.4 Å². The smallest absolute Gasteiger partial charge is 0.246 e. The number of nitrogens with two attached hydrogens (primary N) is 6. The minimum Gasteiger partial charge on any atom is -0.494 e. The monoisotopic (exact) mass is 1220 g/mol. The van der Waals surface area contributed by atoms with Crippen LogP contribution in [0.3, 0.4) is 0 Å². The van der Waals surface area contributed by atoms with Gasteiger partial charge in [0.25, 0.3) is 0 Å². The second-order valence-corrected chi connectivity index (χ2v) is 21.7. The van der Waals surface area contributed by atoms with Gasteiger partial charge in [-0.25, -0.2) is 0 Å². The predicted molar refractivity (Wildman–Crippen MR) is 323 cm³/mol. The Morgan fingerprint density at radius 2 is 1.07 bits per heavy atom. The molecule has 4 rings (SSSR count). The number of hydrogen-bond donors (Lipinski definition) is 13. The zero-order valence-corrected chi connectivity index (χ0v) is 50.3. The van der Waals surface area contributed by atoms with Gasteiger partial charge in [0.2, 0.25) is 65.0 Å². The molecule has 0 unspecified atom stereocenters. The van der Waals surface area contributed by atoms with Crippen molar-refractivity contribution in [3.05, 3.63) is 65.7 Å². The summed E-state index contributed by atoms with van der Waals surface area (Å²) < 4.78 is 5.54. The minimum atomic E-state index is -1.66. The fraction of sp³-hybridized carbons (Fsp3) is 0.569. The average Bonchev–Trinajstić information content (AvgIpc) is 1.94. The predicted octanol–water partition coefficient (Wildman–Crippen LogP) is -2.81. The standard InChI is InChI=1S/C58H89N17O12/c1-6-37(55(85)75-29-15-21-44(75)56(86)74-28-14-20-43(74)53(83)70-39(19-13-27-66-58(63)64)49(79)69-38(48(60)78)18-12-26-65-57(61)62)68-51(81)42(32-45(59)76)72-54(84)47(33(4)5)73-52(82)41(30-34-16-10-9-11-17-34)71-50(80)40(67-46(77)7-2)31-35-22-24-36(25-23-35)87-8-3/h9-11,16-17,22-25,33,37-44,47H,6-8,12-15,18-21,26-32H2,1-5H3,(H2,59,76)(H2,60,78)(H,67,77)(H,68,81)(H,69,79)(H,70,83)(H,71,80)(H,72,84)(H,73,82)(H4,61,62,65)(H4,63,64,66)/t37-,38-,39-,40+,41-,42-,43-,44-,47-/m0/s1. The van der Waals surface area contributed by atoms with Crippen LogP contribution in [0.15, 0.2) is 64.6 Å². The normalized spacial score (nSPS) is 16.9. The van der Waals surface area contributed by atoms with Crippen molar-refractivity contribution in [1.29, 1.82) is 0 Å². The lowest BCUT2D eigenvalue weighted by Gasteiger charge is -2.33. The van der Waals surface area contributed by atoms with Gasteiger partial charge >= 0.3 is 0 Å². The molecule has 9 atom stereocenters. The number of nitrogens with one attached hydrogen (secondary N) is 7. The Morgan fingerprint density at radius 1 is 0.563 bits per heavy atom. The van der Waals surface area contributed by atoms with E-state index in [-0.39, 0.29) is 102 Å². The Morgan fingerprint density at radius 3 is 1.62 bits per heavy atom. The van der Waals surface area contributed by atoms with E-state index in [1.807, 2.05) is 6.92 Å². The summed E-state index contributed by atoms with van der Waals surface area (Å²) in [6.07, 6.45) is 1.24. The number of nitrogens with zero attached hydrogens (tertiary/aromatic N) is 4. The molecule has 0 radical (unpaired) electrons. The van der Waals surface area contributed by atoms with Crippen molar-refractivity contribution >= 4 is 76.9 Å². The van der Waals surface area contributed by atoms with Crippen molar-refractivity contribution in [2.75, 3.05) is 32.8 Å². The first-order chi connectivity index (χ1) is 41.4. The fourth-order valence-electron chi connectivity index (χ4n) is 10.1. The Balaban J connectivity index is 1.49. The summed E-state index contributed by atoms with van der Waals surface area (Å²) in [4.78, 5) is 162. The highest BCUT2D eigenvalue weighted by molar-refractivity contribution is 6.00. The molecule has 0 spiro atoms. The summed E-state index contributed by atoms with van der Waals surface area (Å²) in [5, 5.41) is 18.7. The van der Waals surface area contributed by atoms with E-state index in [9.17, 15) is 52.7 Å². The molecule has 0 aromatic heterocycles. The van der Waals surface area contributed by atoms with Crippen molar-refractivity contribution in [2.24, 2.45) is 50.3 Å². The van der Waals surface area contributed by atoms with Gasteiger partial charge in [0.1, 0.15) is 60.1 Å². The lowest BCUT2D eigenvalue weighted by molar-refractivity contribution is -0.148. The van der Waals surface area contributed by atoms with Crippen molar-refractivity contribution in [1.82, 2.24) is 47.0 Å². The second kappa shape index (κ2) is 35.4. The molecule has 0 bridgehead atoms. The van der Waals surface area contributed by atoms with Gasteiger partial charge in [0.15, 0.2) is 11.9 Å². The number of carbonyl (C=O) groups is 11. The Hall–Kier alpha value is -9.05. The van der Waals surface area contributed by atoms with Crippen molar-refractivity contribution in [3.8, 4) is 5.75 Å². The third kappa shape index (κ3) is 22.7. The van der Waals surface area contributed by atoms with E-state index < -0.39 is 132 Å². The highest BCUT2D eigenvalue weighted by atomic mass is 16.5. The van der Waals surface area contributed by atoms with Gasteiger partial charge in [-0.3, -0.25) is 62.7 Å². The second-order valence-electron chi connectivity index (χ2n) is 21.7. The maximum atomic E-state index is 14.5. The quantitative estimate of drug-likeness (QED) is 0.0188. The van der Waals surface area contributed by atoms with E-state index in [0.717, 1.165) is 0 Å². The summed E-state index contributed by atoms with van der Waals surface area (Å²) in [5.74, 6) is -8.50. The van der Waals surface area contributed by atoms with Gasteiger partial charge in [0, 0.05) is 45.4 Å². The average molecular weight is 1220 g/mol. The minimum absolute atomic E-state index is 0.00411. The van der Waals surface area contributed by atoms with Crippen LogP contribution in [0.5, 0.6) is 5.75 Å². The van der Waals surface area contributed by atoms with E-state index >= 15 is 0 Å². The van der Waals surface area contributed by atoms with Crippen LogP contribution in [-0.2, 0) is 65.6 Å². The van der Waals surface area contributed by atoms with Crippen LogP contribution in [-0.4, -0.2) is 174 Å². The van der Waals surface area contributed by atoms with Gasteiger partial charge in [-0.1, -0.05) is 70.2 Å². The van der Waals surface area contributed by atoms with Gasteiger partial charge in [-0.2, -0.15) is 0 Å². The van der Waals surface area contributed by atoms with Crippen molar-refractivity contribution in [3.63, 3.8) is 0 Å². The number of ether oxygens (including phenoxy) is 1. The highest BCUT2D eigenvalue weighted by Gasteiger charge is 2.45. The molecule has 2 aromatic rings. The SMILES string of the molecule is CCOc1ccc(C[C@@H](NC(=O)CC)C(=O)N[C@@H](Cc2ccccc2)C(=O)N[C@H](C(=O)N[C@@H](CC(N)=O)C(=O)N[C@@H](CC)C(=O)N2CCC[C@H]2C(=O)N2CCC[C@H]2C(=O)N[C@@H](CCCN=C(N)N)C(=O)N[C@@H](CCCN=C(N)N)C(N)=O)C(C)C)cc1. The lowest BCUT2D eigenvalue weighted by Crippen LogP contribution is -2.61. The van der Waals surface area contributed by atoms with E-state index in [2.05, 4.69) is 47.2 Å². The highest BCUT2D eigenvalue weighted by Crippen LogP contribution is 2.27. The molecule has 87 heavy (non-hydrogen) atoms. The molecule has 19 N–H and O–H groups in total. The summed E-state index contributed by atoms with van der Waals surface area (Å²) in [6.45, 7) is 9.31. The Labute approximate surface area is 506 Å². The Kier molecular flexibility index (Phi) is 28.7. The molecule has 2 aliphatic heterocycles. The van der Waals surface area contributed by atoms with E-state index in [1.54, 1.807) is 82.3 Å². The number of likely N-dealkylation sites (tertiary alicyclic amines) is 2. The molecular weight excluding hydrogens is 1130 g/mol. The molecule has 29 heteroatoms. The van der Waals surface area contributed by atoms with Gasteiger partial charge in [-0.15, -0.1) is 0 Å². The van der Waals surface area contributed by atoms with Crippen LogP contribution in [0.1, 0.15) is 116 Å². The Bertz CT molecular complexity index is 2760. The molecular formula is C58H89N17O12. The number of carbonyl (C=O) groups excluding carboxylic acids is 11. The third-order valence-electron chi connectivity index (χ3n) is 14.7. The van der Waals surface area contributed by atoms with Crippen LogP contribution in [0, 0.1) is 5.92 Å². The molecule has 478 valence electrons. The molecule has 11 amide bonds. The first-order valence-corrected chi connectivity index (χ1v) is 29.5. The fourth-order valence-corrected chi connectivity index (χ4v) is 10.1. The number of primary amides is 2. The molecule has 2 fully saturated rings.